The molecular formula is C17H19NO3S2. The van der Waals surface area contributed by atoms with E-state index in [1.54, 1.807) is 28.4 Å². The molecular weight excluding hydrogens is 330 g/mol. The highest BCUT2D eigenvalue weighted by molar-refractivity contribution is 7.99. The zero-order chi connectivity index (χ0) is 16.1. The Kier molecular flexibility index (Phi) is 5.25. The summed E-state index contributed by atoms with van der Waals surface area (Å²) in [5, 5.41) is 1.53. The topological polar surface area (TPSA) is 50.5 Å². The van der Waals surface area contributed by atoms with E-state index >= 15 is 0 Å². The monoisotopic (exact) mass is 349 g/mol. The van der Waals surface area contributed by atoms with Crippen LogP contribution in [0.4, 0.5) is 0 Å². The molecule has 1 aliphatic heterocycles. The molecule has 122 valence electrons. The number of sulfonamides is 1. The molecule has 2 heterocycles. The van der Waals surface area contributed by atoms with Crippen molar-refractivity contribution in [2.24, 2.45) is 0 Å². The first-order valence-corrected chi connectivity index (χ1v) is 10.1. The Balaban J connectivity index is 1.67. The second-order valence-corrected chi connectivity index (χ2v) is 8.45. The molecule has 4 nitrogen and oxygen atoms in total. The maximum atomic E-state index is 12.5. The van der Waals surface area contributed by atoms with Crippen LogP contribution in [0.25, 0.3) is 6.08 Å². The van der Waals surface area contributed by atoms with Crippen molar-refractivity contribution in [1.29, 1.82) is 0 Å². The Morgan fingerprint density at radius 3 is 2.70 bits per heavy atom. The van der Waals surface area contributed by atoms with Gasteiger partial charge in [-0.3, -0.25) is 0 Å². The molecule has 0 amide bonds. The Hall–Kier alpha value is -1.50. The third-order valence-electron chi connectivity index (χ3n) is 3.75. The van der Waals surface area contributed by atoms with Gasteiger partial charge < -0.3 is 4.42 Å². The van der Waals surface area contributed by atoms with Crippen molar-refractivity contribution in [3.05, 3.63) is 65.5 Å². The van der Waals surface area contributed by atoms with Crippen LogP contribution in [-0.2, 0) is 10.0 Å². The maximum Gasteiger partial charge on any atom is 0.236 e. The van der Waals surface area contributed by atoms with Crippen molar-refractivity contribution in [3.63, 3.8) is 0 Å². The van der Waals surface area contributed by atoms with Gasteiger partial charge in [-0.15, -0.1) is 11.8 Å². The van der Waals surface area contributed by atoms with E-state index < -0.39 is 10.0 Å². The Labute approximate surface area is 141 Å². The molecule has 1 unspecified atom stereocenters. The van der Waals surface area contributed by atoms with Crippen LogP contribution < -0.4 is 0 Å². The molecule has 0 radical (unpaired) electrons. The molecule has 1 aromatic heterocycles. The molecule has 3 rings (SSSR count). The van der Waals surface area contributed by atoms with Crippen LogP contribution in [0.2, 0.25) is 0 Å². The van der Waals surface area contributed by atoms with Crippen molar-refractivity contribution >= 4 is 27.9 Å². The van der Waals surface area contributed by atoms with Crippen LogP contribution in [0.15, 0.2) is 58.6 Å². The van der Waals surface area contributed by atoms with Gasteiger partial charge in [0, 0.05) is 24.3 Å². The number of nitrogens with zero attached hydrogens (tertiary/aromatic N) is 1. The van der Waals surface area contributed by atoms with Gasteiger partial charge in [0.15, 0.2) is 0 Å². The lowest BCUT2D eigenvalue weighted by Gasteiger charge is -2.17. The van der Waals surface area contributed by atoms with Crippen LogP contribution >= 0.6 is 11.8 Å². The number of hydrogen-bond donors (Lipinski definition) is 0. The van der Waals surface area contributed by atoms with Crippen LogP contribution in [-0.4, -0.2) is 31.6 Å². The van der Waals surface area contributed by atoms with Gasteiger partial charge in [0.1, 0.15) is 5.76 Å². The summed E-state index contributed by atoms with van der Waals surface area (Å²) >= 11 is 1.75. The summed E-state index contributed by atoms with van der Waals surface area (Å²) < 4.78 is 32.0. The van der Waals surface area contributed by atoms with E-state index in [9.17, 15) is 8.42 Å². The molecule has 1 aromatic carbocycles. The zero-order valence-electron chi connectivity index (χ0n) is 12.7. The van der Waals surface area contributed by atoms with Crippen molar-refractivity contribution in [2.75, 3.05) is 18.8 Å². The zero-order valence-corrected chi connectivity index (χ0v) is 14.3. The molecule has 0 N–H and O–H groups in total. The molecule has 0 aliphatic carbocycles. The molecule has 1 fully saturated rings. The van der Waals surface area contributed by atoms with Gasteiger partial charge in [0.25, 0.3) is 0 Å². The van der Waals surface area contributed by atoms with E-state index in [0.29, 0.717) is 13.1 Å². The smallest absolute Gasteiger partial charge is 0.236 e. The lowest BCUT2D eigenvalue weighted by molar-refractivity contribution is 0.422. The first kappa shape index (κ1) is 16.4. The van der Waals surface area contributed by atoms with Gasteiger partial charge in [-0.1, -0.05) is 30.3 Å². The number of rotatable bonds is 4. The summed E-state index contributed by atoms with van der Waals surface area (Å²) in [5.74, 6) is 1.69. The summed E-state index contributed by atoms with van der Waals surface area (Å²) in [6.45, 7) is 1.04. The van der Waals surface area contributed by atoms with E-state index in [1.165, 1.54) is 5.41 Å². The first-order valence-electron chi connectivity index (χ1n) is 7.53. The van der Waals surface area contributed by atoms with E-state index in [4.69, 9.17) is 4.42 Å². The van der Waals surface area contributed by atoms with Crippen LogP contribution in [0.5, 0.6) is 0 Å². The molecule has 0 saturated carbocycles. The van der Waals surface area contributed by atoms with Crippen molar-refractivity contribution in [3.8, 4) is 0 Å². The molecule has 1 saturated heterocycles. The Morgan fingerprint density at radius 1 is 1.13 bits per heavy atom. The third-order valence-corrected chi connectivity index (χ3v) is 6.61. The number of benzene rings is 1. The minimum atomic E-state index is -3.39. The summed E-state index contributed by atoms with van der Waals surface area (Å²) in [6, 6.07) is 13.3. The molecule has 6 heteroatoms. The summed E-state index contributed by atoms with van der Waals surface area (Å²) in [6.07, 6.45) is 4.08. The lowest BCUT2D eigenvalue weighted by atomic mass is 10.2. The predicted octanol–water partition coefficient (Wildman–Crippen LogP) is 3.76. The normalized spacial score (nSPS) is 20.6. The van der Waals surface area contributed by atoms with Gasteiger partial charge in [0.2, 0.25) is 10.0 Å². The third kappa shape index (κ3) is 4.28. The van der Waals surface area contributed by atoms with Crippen LogP contribution in [0.1, 0.15) is 23.0 Å². The van der Waals surface area contributed by atoms with Gasteiger partial charge in [-0.25, -0.2) is 8.42 Å². The quantitative estimate of drug-likeness (QED) is 0.843. The fourth-order valence-electron chi connectivity index (χ4n) is 2.52. The molecule has 23 heavy (non-hydrogen) atoms. The molecule has 2 aromatic rings. The molecule has 1 atom stereocenters. The number of hydrogen-bond acceptors (Lipinski definition) is 4. The van der Waals surface area contributed by atoms with Gasteiger partial charge in [-0.2, -0.15) is 4.31 Å². The number of furan rings is 1. The molecule has 1 aliphatic rings. The lowest BCUT2D eigenvalue weighted by Crippen LogP contribution is -2.31. The van der Waals surface area contributed by atoms with Crippen LogP contribution in [0.3, 0.4) is 0 Å². The van der Waals surface area contributed by atoms with E-state index in [1.807, 2.05) is 42.5 Å². The van der Waals surface area contributed by atoms with Crippen molar-refractivity contribution in [1.82, 2.24) is 4.31 Å². The summed E-state index contributed by atoms with van der Waals surface area (Å²) in [4.78, 5) is 0. The minimum Gasteiger partial charge on any atom is -0.468 e. The summed E-state index contributed by atoms with van der Waals surface area (Å²) in [7, 11) is -3.39. The largest absolute Gasteiger partial charge is 0.468 e. The Bertz CT molecular complexity index is 739. The van der Waals surface area contributed by atoms with Crippen molar-refractivity contribution in [2.45, 2.75) is 11.7 Å². The van der Waals surface area contributed by atoms with E-state index in [0.717, 1.165) is 23.5 Å². The van der Waals surface area contributed by atoms with Crippen molar-refractivity contribution < 1.29 is 12.8 Å². The first-order chi connectivity index (χ1) is 11.1. The average molecular weight is 349 g/mol. The SMILES string of the molecule is O=S(=O)(/C=C/c1ccccc1)N1CCSC(c2ccco2)CC1. The maximum absolute atomic E-state index is 12.5. The van der Waals surface area contributed by atoms with Crippen LogP contribution in [0, 0.1) is 0 Å². The fourth-order valence-corrected chi connectivity index (χ4v) is 5.02. The second kappa shape index (κ2) is 7.38. The number of thioether (sulfide) groups is 1. The minimum absolute atomic E-state index is 0.225. The second-order valence-electron chi connectivity index (χ2n) is 5.32. The molecule has 0 bridgehead atoms. The standard InChI is InChI=1S/C17H19NO3S2/c19-23(20,14-9-15-5-2-1-3-6-15)18-10-8-17(22-13-11-18)16-7-4-12-21-16/h1-7,9,12,14,17H,8,10-11,13H2/b14-9+. The van der Waals surface area contributed by atoms with E-state index in [2.05, 4.69) is 0 Å². The highest BCUT2D eigenvalue weighted by Crippen LogP contribution is 2.35. The molecule has 0 spiro atoms. The van der Waals surface area contributed by atoms with E-state index in [-0.39, 0.29) is 5.25 Å². The van der Waals surface area contributed by atoms with Gasteiger partial charge in [0.05, 0.1) is 11.5 Å². The highest BCUT2D eigenvalue weighted by Gasteiger charge is 2.26. The summed E-state index contributed by atoms with van der Waals surface area (Å²) in [5.41, 5.74) is 0.883. The van der Waals surface area contributed by atoms with Gasteiger partial charge >= 0.3 is 0 Å². The fraction of sp³-hybridized carbons (Fsp3) is 0.294. The average Bonchev–Trinajstić information content (AvgIpc) is 2.98. The Morgan fingerprint density at radius 2 is 1.96 bits per heavy atom. The predicted molar refractivity (Wildman–Crippen MR) is 94.5 cm³/mol. The van der Waals surface area contributed by atoms with Gasteiger partial charge in [-0.05, 0) is 30.2 Å². The highest BCUT2D eigenvalue weighted by atomic mass is 32.2.